The molecular formula is C12H21NO2. The highest BCUT2D eigenvalue weighted by Crippen LogP contribution is 2.32. The third kappa shape index (κ3) is 2.51. The summed E-state index contributed by atoms with van der Waals surface area (Å²) in [4.78, 5) is 11.0. The Morgan fingerprint density at radius 3 is 2.73 bits per heavy atom. The van der Waals surface area contributed by atoms with Gasteiger partial charge in [0, 0.05) is 6.04 Å². The van der Waals surface area contributed by atoms with E-state index in [2.05, 4.69) is 12.2 Å². The molecule has 0 aromatic rings. The molecule has 2 atom stereocenters. The van der Waals surface area contributed by atoms with Gasteiger partial charge in [0.25, 0.3) is 0 Å². The van der Waals surface area contributed by atoms with Crippen LogP contribution in [-0.2, 0) is 4.79 Å². The molecule has 0 aromatic carbocycles. The third-order valence-corrected chi connectivity index (χ3v) is 4.02. The van der Waals surface area contributed by atoms with E-state index in [4.69, 9.17) is 5.11 Å². The Morgan fingerprint density at radius 2 is 2.13 bits per heavy atom. The third-order valence-electron chi connectivity index (χ3n) is 4.02. The molecule has 0 radical (unpaired) electrons. The molecule has 2 fully saturated rings. The van der Waals surface area contributed by atoms with Crippen LogP contribution in [0.5, 0.6) is 0 Å². The second kappa shape index (κ2) is 4.52. The molecule has 0 spiro atoms. The van der Waals surface area contributed by atoms with Gasteiger partial charge in [0.2, 0.25) is 0 Å². The van der Waals surface area contributed by atoms with E-state index < -0.39 is 5.97 Å². The lowest BCUT2D eigenvalue weighted by Gasteiger charge is -2.34. The van der Waals surface area contributed by atoms with Crippen molar-refractivity contribution in [3.63, 3.8) is 0 Å². The molecule has 0 heterocycles. The van der Waals surface area contributed by atoms with Crippen molar-refractivity contribution in [1.82, 2.24) is 5.32 Å². The minimum absolute atomic E-state index is 0.0880. The summed E-state index contributed by atoms with van der Waals surface area (Å²) in [6.45, 7) is 3.18. The Labute approximate surface area is 91.2 Å². The van der Waals surface area contributed by atoms with E-state index in [1.807, 2.05) is 0 Å². The first kappa shape index (κ1) is 10.9. The molecule has 3 nitrogen and oxygen atoms in total. The highest BCUT2D eigenvalue weighted by molar-refractivity contribution is 5.70. The second-order valence-electron chi connectivity index (χ2n) is 5.32. The molecule has 2 saturated carbocycles. The molecular weight excluding hydrogens is 190 g/mol. The van der Waals surface area contributed by atoms with Crippen molar-refractivity contribution >= 4 is 5.97 Å². The van der Waals surface area contributed by atoms with Crippen molar-refractivity contribution in [1.29, 1.82) is 0 Å². The fourth-order valence-corrected chi connectivity index (χ4v) is 2.99. The fraction of sp³-hybridized carbons (Fsp3) is 0.917. The van der Waals surface area contributed by atoms with Gasteiger partial charge >= 0.3 is 5.97 Å². The Kier molecular flexibility index (Phi) is 3.29. The van der Waals surface area contributed by atoms with E-state index in [0.717, 1.165) is 31.7 Å². The second-order valence-corrected chi connectivity index (χ2v) is 5.32. The van der Waals surface area contributed by atoms with Crippen molar-refractivity contribution in [3.05, 3.63) is 0 Å². The van der Waals surface area contributed by atoms with Crippen molar-refractivity contribution < 1.29 is 9.90 Å². The Bertz CT molecular complexity index is 236. The number of carboxylic acids is 1. The number of hydrogen-bond donors (Lipinski definition) is 2. The lowest BCUT2D eigenvalue weighted by molar-refractivity contribution is -0.142. The quantitative estimate of drug-likeness (QED) is 0.746. The fourth-order valence-electron chi connectivity index (χ4n) is 2.99. The monoisotopic (exact) mass is 211 g/mol. The van der Waals surface area contributed by atoms with Crippen molar-refractivity contribution in [2.45, 2.75) is 45.1 Å². The molecule has 0 saturated heterocycles. The summed E-state index contributed by atoms with van der Waals surface area (Å²) >= 11 is 0. The van der Waals surface area contributed by atoms with E-state index in [1.165, 1.54) is 12.8 Å². The predicted molar refractivity (Wildman–Crippen MR) is 58.7 cm³/mol. The number of aliphatic carboxylic acids is 1. The Balaban J connectivity index is 1.72. The standard InChI is InChI=1S/C12H21NO2/c1-8-5-10(6-8)13-7-9-3-2-4-11(9)12(14)15/h8-11,13H,2-7H2,1H3,(H,14,15). The molecule has 0 aliphatic heterocycles. The molecule has 2 aliphatic carbocycles. The maximum Gasteiger partial charge on any atom is 0.306 e. The molecule has 2 rings (SSSR count). The molecule has 2 unspecified atom stereocenters. The van der Waals surface area contributed by atoms with Crippen molar-refractivity contribution in [2.75, 3.05) is 6.54 Å². The molecule has 0 aromatic heterocycles. The molecule has 2 aliphatic rings. The largest absolute Gasteiger partial charge is 0.481 e. The van der Waals surface area contributed by atoms with Crippen LogP contribution in [0.1, 0.15) is 39.0 Å². The van der Waals surface area contributed by atoms with Crippen LogP contribution in [0.15, 0.2) is 0 Å². The normalized spacial score (nSPS) is 40.1. The minimum atomic E-state index is -0.596. The first-order chi connectivity index (χ1) is 7.16. The molecule has 2 N–H and O–H groups in total. The van der Waals surface area contributed by atoms with E-state index in [9.17, 15) is 4.79 Å². The maximum absolute atomic E-state index is 11.0. The zero-order valence-corrected chi connectivity index (χ0v) is 9.41. The van der Waals surface area contributed by atoms with Crippen LogP contribution in [0.4, 0.5) is 0 Å². The predicted octanol–water partition coefficient (Wildman–Crippen LogP) is 1.88. The smallest absolute Gasteiger partial charge is 0.306 e. The Hall–Kier alpha value is -0.570. The summed E-state index contributed by atoms with van der Waals surface area (Å²) in [5.74, 6) is 0.552. The topological polar surface area (TPSA) is 49.3 Å². The van der Waals surface area contributed by atoms with Gasteiger partial charge in [0.05, 0.1) is 5.92 Å². The summed E-state index contributed by atoms with van der Waals surface area (Å²) in [6.07, 6.45) is 5.59. The highest BCUT2D eigenvalue weighted by Gasteiger charge is 2.34. The SMILES string of the molecule is CC1CC(NCC2CCCC2C(=O)O)C1. The van der Waals surface area contributed by atoms with Crippen LogP contribution >= 0.6 is 0 Å². The number of carboxylic acid groups (broad SMARTS) is 1. The van der Waals surface area contributed by atoms with Crippen LogP contribution in [0, 0.1) is 17.8 Å². The van der Waals surface area contributed by atoms with Crippen LogP contribution in [0.25, 0.3) is 0 Å². The van der Waals surface area contributed by atoms with Crippen molar-refractivity contribution in [2.24, 2.45) is 17.8 Å². The number of rotatable bonds is 4. The van der Waals surface area contributed by atoms with Gasteiger partial charge in [-0.3, -0.25) is 4.79 Å². The van der Waals surface area contributed by atoms with Crippen LogP contribution < -0.4 is 5.32 Å². The molecule has 3 heteroatoms. The van der Waals surface area contributed by atoms with Crippen molar-refractivity contribution in [3.8, 4) is 0 Å². The van der Waals surface area contributed by atoms with Crippen LogP contribution in [0.2, 0.25) is 0 Å². The first-order valence-electron chi connectivity index (χ1n) is 6.13. The Morgan fingerprint density at radius 1 is 1.40 bits per heavy atom. The van der Waals surface area contributed by atoms with Crippen LogP contribution in [-0.4, -0.2) is 23.7 Å². The molecule has 86 valence electrons. The van der Waals surface area contributed by atoms with Gasteiger partial charge in [-0.25, -0.2) is 0 Å². The zero-order valence-electron chi connectivity index (χ0n) is 9.41. The summed E-state index contributed by atoms with van der Waals surface area (Å²) in [5.41, 5.74) is 0. The molecule has 0 bridgehead atoms. The van der Waals surface area contributed by atoms with Gasteiger partial charge in [0.1, 0.15) is 0 Å². The van der Waals surface area contributed by atoms with Gasteiger partial charge in [-0.05, 0) is 44.1 Å². The van der Waals surface area contributed by atoms with Gasteiger partial charge in [-0.15, -0.1) is 0 Å². The summed E-state index contributed by atoms with van der Waals surface area (Å²) in [5, 5.41) is 12.5. The van der Waals surface area contributed by atoms with E-state index in [0.29, 0.717) is 12.0 Å². The molecule has 15 heavy (non-hydrogen) atoms. The molecule has 0 amide bonds. The van der Waals surface area contributed by atoms with Crippen LogP contribution in [0.3, 0.4) is 0 Å². The minimum Gasteiger partial charge on any atom is -0.481 e. The highest BCUT2D eigenvalue weighted by atomic mass is 16.4. The number of hydrogen-bond acceptors (Lipinski definition) is 2. The van der Waals surface area contributed by atoms with Gasteiger partial charge in [-0.2, -0.15) is 0 Å². The summed E-state index contributed by atoms with van der Waals surface area (Å²) in [7, 11) is 0. The van der Waals surface area contributed by atoms with Gasteiger partial charge in [0.15, 0.2) is 0 Å². The number of carbonyl (C=O) groups is 1. The van der Waals surface area contributed by atoms with Gasteiger partial charge in [-0.1, -0.05) is 13.3 Å². The average molecular weight is 211 g/mol. The summed E-state index contributed by atoms with van der Waals surface area (Å²) in [6, 6.07) is 0.662. The summed E-state index contributed by atoms with van der Waals surface area (Å²) < 4.78 is 0. The average Bonchev–Trinajstić information content (AvgIpc) is 2.58. The lowest BCUT2D eigenvalue weighted by Crippen LogP contribution is -2.43. The van der Waals surface area contributed by atoms with E-state index in [-0.39, 0.29) is 5.92 Å². The van der Waals surface area contributed by atoms with E-state index >= 15 is 0 Å². The number of nitrogens with one attached hydrogen (secondary N) is 1. The lowest BCUT2D eigenvalue weighted by atomic mass is 9.81. The van der Waals surface area contributed by atoms with Gasteiger partial charge < -0.3 is 10.4 Å². The van der Waals surface area contributed by atoms with E-state index in [1.54, 1.807) is 0 Å². The maximum atomic E-state index is 11.0. The first-order valence-corrected chi connectivity index (χ1v) is 6.13. The zero-order chi connectivity index (χ0) is 10.8.